The first-order chi connectivity index (χ1) is 7.25. The average Bonchev–Trinajstić information content (AvgIpc) is 2.69. The first-order valence-electron chi connectivity index (χ1n) is 4.51. The molecule has 0 amide bonds. The maximum absolute atomic E-state index is 5.88. The molecule has 1 N–H and O–H groups in total. The number of aromatic nitrogens is 2. The van der Waals surface area contributed by atoms with Crippen LogP contribution in [0.15, 0.2) is 23.7 Å². The number of nitrogens with one attached hydrogen (secondary N) is 1. The van der Waals surface area contributed by atoms with E-state index in [1.165, 1.54) is 22.5 Å². The van der Waals surface area contributed by atoms with E-state index in [1.807, 2.05) is 25.1 Å². The molecule has 0 unspecified atom stereocenters. The SMILES string of the molecule is Cc1cc(Cl)ccc1CNc1nncs1. The van der Waals surface area contributed by atoms with Crippen molar-refractivity contribution < 1.29 is 0 Å². The van der Waals surface area contributed by atoms with Gasteiger partial charge in [-0.25, -0.2) is 0 Å². The van der Waals surface area contributed by atoms with E-state index in [1.54, 1.807) is 5.51 Å². The topological polar surface area (TPSA) is 37.8 Å². The van der Waals surface area contributed by atoms with Crippen molar-refractivity contribution in [2.45, 2.75) is 13.5 Å². The molecule has 1 aromatic heterocycles. The Balaban J connectivity index is 2.05. The second-order valence-electron chi connectivity index (χ2n) is 3.17. The van der Waals surface area contributed by atoms with Crippen molar-refractivity contribution >= 4 is 28.1 Å². The lowest BCUT2D eigenvalue weighted by molar-refractivity contribution is 1.04. The first kappa shape index (κ1) is 10.4. The fourth-order valence-electron chi connectivity index (χ4n) is 1.28. The normalized spacial score (nSPS) is 10.3. The van der Waals surface area contributed by atoms with Crippen molar-refractivity contribution in [2.75, 3.05) is 5.32 Å². The Kier molecular flexibility index (Phi) is 3.18. The minimum absolute atomic E-state index is 0.748. The van der Waals surface area contributed by atoms with Crippen LogP contribution in [-0.4, -0.2) is 10.2 Å². The van der Waals surface area contributed by atoms with Gasteiger partial charge in [0.05, 0.1) is 0 Å². The summed E-state index contributed by atoms with van der Waals surface area (Å²) in [6, 6.07) is 5.87. The molecule has 1 aromatic carbocycles. The summed E-state index contributed by atoms with van der Waals surface area (Å²) < 4.78 is 0. The van der Waals surface area contributed by atoms with Crippen molar-refractivity contribution in [1.82, 2.24) is 10.2 Å². The van der Waals surface area contributed by atoms with Crippen molar-refractivity contribution in [3.05, 3.63) is 39.9 Å². The maximum atomic E-state index is 5.88. The standard InChI is InChI=1S/C10H10ClN3S/c1-7-4-9(11)3-2-8(7)5-12-10-14-13-6-15-10/h2-4,6H,5H2,1H3,(H,12,14). The van der Waals surface area contributed by atoms with Crippen LogP contribution in [0.5, 0.6) is 0 Å². The molecule has 2 aromatic rings. The summed E-state index contributed by atoms with van der Waals surface area (Å²) in [6.07, 6.45) is 0. The summed E-state index contributed by atoms with van der Waals surface area (Å²) in [6.45, 7) is 2.79. The van der Waals surface area contributed by atoms with E-state index in [4.69, 9.17) is 11.6 Å². The third kappa shape index (κ3) is 2.67. The van der Waals surface area contributed by atoms with Crippen LogP contribution in [0.25, 0.3) is 0 Å². The molecule has 2 rings (SSSR count). The Morgan fingerprint density at radius 3 is 3.00 bits per heavy atom. The Morgan fingerprint density at radius 1 is 1.47 bits per heavy atom. The zero-order valence-corrected chi connectivity index (χ0v) is 9.77. The van der Waals surface area contributed by atoms with Gasteiger partial charge >= 0.3 is 0 Å². The van der Waals surface area contributed by atoms with Crippen LogP contribution in [0.3, 0.4) is 0 Å². The molecule has 0 spiro atoms. The lowest BCUT2D eigenvalue weighted by Gasteiger charge is -2.06. The molecule has 0 saturated heterocycles. The second kappa shape index (κ2) is 4.59. The van der Waals surface area contributed by atoms with E-state index in [0.29, 0.717) is 0 Å². The third-order valence-electron chi connectivity index (χ3n) is 2.09. The summed E-state index contributed by atoms with van der Waals surface area (Å²) in [5, 5.41) is 12.5. The smallest absolute Gasteiger partial charge is 0.205 e. The highest BCUT2D eigenvalue weighted by Gasteiger charge is 2.00. The van der Waals surface area contributed by atoms with Gasteiger partial charge in [0.1, 0.15) is 5.51 Å². The summed E-state index contributed by atoms with van der Waals surface area (Å²) in [5.74, 6) is 0. The van der Waals surface area contributed by atoms with Gasteiger partial charge in [-0.1, -0.05) is 29.0 Å². The van der Waals surface area contributed by atoms with E-state index < -0.39 is 0 Å². The molecule has 15 heavy (non-hydrogen) atoms. The molecule has 0 saturated carbocycles. The van der Waals surface area contributed by atoms with Gasteiger partial charge in [0.25, 0.3) is 0 Å². The zero-order chi connectivity index (χ0) is 10.7. The summed E-state index contributed by atoms with van der Waals surface area (Å²) in [5.41, 5.74) is 4.10. The number of aryl methyl sites for hydroxylation is 1. The Morgan fingerprint density at radius 2 is 2.33 bits per heavy atom. The molecule has 5 heteroatoms. The van der Waals surface area contributed by atoms with Crippen LogP contribution in [-0.2, 0) is 6.54 Å². The van der Waals surface area contributed by atoms with E-state index in [0.717, 1.165) is 16.7 Å². The van der Waals surface area contributed by atoms with Gasteiger partial charge in [0.2, 0.25) is 5.13 Å². The number of anilines is 1. The Hall–Kier alpha value is -1.13. The second-order valence-corrected chi connectivity index (χ2v) is 4.44. The number of hydrogen-bond acceptors (Lipinski definition) is 4. The van der Waals surface area contributed by atoms with E-state index in [2.05, 4.69) is 15.5 Å². The largest absolute Gasteiger partial charge is 0.356 e. The van der Waals surface area contributed by atoms with E-state index in [-0.39, 0.29) is 0 Å². The van der Waals surface area contributed by atoms with Crippen LogP contribution in [0.2, 0.25) is 5.02 Å². The molecule has 0 atom stereocenters. The number of hydrogen-bond donors (Lipinski definition) is 1. The molecule has 1 heterocycles. The lowest BCUT2D eigenvalue weighted by atomic mass is 10.1. The number of nitrogens with zero attached hydrogens (tertiary/aromatic N) is 2. The molecular formula is C10H10ClN3S. The summed E-state index contributed by atoms with van der Waals surface area (Å²) in [4.78, 5) is 0. The molecule has 0 aliphatic heterocycles. The molecule has 0 aliphatic carbocycles. The van der Waals surface area contributed by atoms with Crippen molar-refractivity contribution in [2.24, 2.45) is 0 Å². The van der Waals surface area contributed by atoms with E-state index in [9.17, 15) is 0 Å². The molecule has 0 fully saturated rings. The highest BCUT2D eigenvalue weighted by atomic mass is 35.5. The predicted octanol–water partition coefficient (Wildman–Crippen LogP) is 3.11. The summed E-state index contributed by atoms with van der Waals surface area (Å²) >= 11 is 7.37. The molecule has 0 radical (unpaired) electrons. The van der Waals surface area contributed by atoms with Crippen LogP contribution in [0.1, 0.15) is 11.1 Å². The number of benzene rings is 1. The number of halogens is 1. The molecule has 0 bridgehead atoms. The van der Waals surface area contributed by atoms with Gasteiger partial charge in [0.15, 0.2) is 0 Å². The lowest BCUT2D eigenvalue weighted by Crippen LogP contribution is -2.00. The maximum Gasteiger partial charge on any atom is 0.205 e. The average molecular weight is 240 g/mol. The fourth-order valence-corrected chi connectivity index (χ4v) is 1.95. The van der Waals surface area contributed by atoms with Crippen LogP contribution in [0.4, 0.5) is 5.13 Å². The monoisotopic (exact) mass is 239 g/mol. The molecule has 3 nitrogen and oxygen atoms in total. The van der Waals surface area contributed by atoms with Crippen molar-refractivity contribution in [3.8, 4) is 0 Å². The zero-order valence-electron chi connectivity index (χ0n) is 8.20. The molecule has 0 aliphatic rings. The van der Waals surface area contributed by atoms with Gasteiger partial charge < -0.3 is 5.32 Å². The number of rotatable bonds is 3. The predicted molar refractivity (Wildman–Crippen MR) is 63.4 cm³/mol. The van der Waals surface area contributed by atoms with Gasteiger partial charge in [-0.2, -0.15) is 0 Å². The first-order valence-corrected chi connectivity index (χ1v) is 5.76. The van der Waals surface area contributed by atoms with Crippen LogP contribution in [0, 0.1) is 6.92 Å². The van der Waals surface area contributed by atoms with E-state index >= 15 is 0 Å². The van der Waals surface area contributed by atoms with Gasteiger partial charge in [-0.15, -0.1) is 10.2 Å². The fraction of sp³-hybridized carbons (Fsp3) is 0.200. The molecular weight excluding hydrogens is 230 g/mol. The minimum atomic E-state index is 0.748. The summed E-state index contributed by atoms with van der Waals surface area (Å²) in [7, 11) is 0. The minimum Gasteiger partial charge on any atom is -0.356 e. The highest BCUT2D eigenvalue weighted by Crippen LogP contribution is 2.17. The highest BCUT2D eigenvalue weighted by molar-refractivity contribution is 7.13. The Bertz CT molecular complexity index is 442. The van der Waals surface area contributed by atoms with Crippen LogP contribution >= 0.6 is 22.9 Å². The van der Waals surface area contributed by atoms with Gasteiger partial charge in [-0.05, 0) is 30.2 Å². The van der Waals surface area contributed by atoms with Crippen molar-refractivity contribution in [3.63, 3.8) is 0 Å². The quantitative estimate of drug-likeness (QED) is 0.895. The van der Waals surface area contributed by atoms with Gasteiger partial charge in [-0.3, -0.25) is 0 Å². The molecule has 78 valence electrons. The van der Waals surface area contributed by atoms with Crippen molar-refractivity contribution in [1.29, 1.82) is 0 Å². The Labute approximate surface area is 97.1 Å². The third-order valence-corrected chi connectivity index (χ3v) is 2.98. The van der Waals surface area contributed by atoms with Crippen LogP contribution < -0.4 is 5.32 Å². The van der Waals surface area contributed by atoms with Gasteiger partial charge in [0, 0.05) is 11.6 Å².